The highest BCUT2D eigenvalue weighted by Gasteiger charge is 2.59. The van der Waals surface area contributed by atoms with Crippen LogP contribution >= 0.6 is 0 Å². The largest absolute Gasteiger partial charge is 0.496 e. The van der Waals surface area contributed by atoms with Gasteiger partial charge in [0.15, 0.2) is 5.41 Å². The van der Waals surface area contributed by atoms with Crippen LogP contribution in [0.2, 0.25) is 0 Å². The summed E-state index contributed by atoms with van der Waals surface area (Å²) in [5.41, 5.74) is 6.27. The highest BCUT2D eigenvalue weighted by atomic mass is 16.5. The third-order valence-corrected chi connectivity index (χ3v) is 5.69. The van der Waals surface area contributed by atoms with Gasteiger partial charge in [-0.15, -0.1) is 0 Å². The predicted octanol–water partition coefficient (Wildman–Crippen LogP) is 3.33. The van der Waals surface area contributed by atoms with Crippen LogP contribution < -0.4 is 10.5 Å². The molecular formula is C22H23N3O3. The molecule has 0 bridgehead atoms. The molecule has 0 saturated carbocycles. The molecule has 2 aliphatic rings. The Balaban J connectivity index is 2.39. The molecule has 3 atom stereocenters. The van der Waals surface area contributed by atoms with Crippen LogP contribution in [0.25, 0.3) is 0 Å². The number of benzene rings is 1. The van der Waals surface area contributed by atoms with E-state index in [1.807, 2.05) is 24.3 Å². The van der Waals surface area contributed by atoms with Gasteiger partial charge in [-0.2, -0.15) is 10.5 Å². The Morgan fingerprint density at radius 2 is 2.11 bits per heavy atom. The number of carbonyl (C=O) groups is 1. The summed E-state index contributed by atoms with van der Waals surface area (Å²) < 4.78 is 10.8. The molecule has 1 aromatic carbocycles. The Hall–Kier alpha value is -3.25. The lowest BCUT2D eigenvalue weighted by Gasteiger charge is -2.45. The first kappa shape index (κ1) is 19.5. The molecule has 0 heterocycles. The van der Waals surface area contributed by atoms with E-state index in [-0.39, 0.29) is 23.8 Å². The van der Waals surface area contributed by atoms with Gasteiger partial charge in [0.05, 0.1) is 37.1 Å². The van der Waals surface area contributed by atoms with Crippen LogP contribution in [-0.2, 0) is 9.53 Å². The van der Waals surface area contributed by atoms with Crippen molar-refractivity contribution in [3.05, 3.63) is 52.7 Å². The minimum atomic E-state index is -1.82. The van der Waals surface area contributed by atoms with Gasteiger partial charge in [0.1, 0.15) is 5.75 Å². The van der Waals surface area contributed by atoms with E-state index in [1.54, 1.807) is 20.1 Å². The summed E-state index contributed by atoms with van der Waals surface area (Å²) in [6, 6.07) is 11.5. The summed E-state index contributed by atoms with van der Waals surface area (Å²) in [4.78, 5) is 13.2. The van der Waals surface area contributed by atoms with Gasteiger partial charge < -0.3 is 15.2 Å². The van der Waals surface area contributed by atoms with Crippen molar-refractivity contribution in [1.82, 2.24) is 0 Å². The van der Waals surface area contributed by atoms with E-state index in [0.717, 1.165) is 24.8 Å². The fraction of sp³-hybridized carbons (Fsp3) is 0.409. The topological polar surface area (TPSA) is 109 Å². The summed E-state index contributed by atoms with van der Waals surface area (Å²) in [6.45, 7) is 1.78. The number of nitriles is 2. The summed E-state index contributed by atoms with van der Waals surface area (Å²) >= 11 is 0. The van der Waals surface area contributed by atoms with E-state index in [1.165, 1.54) is 0 Å². The van der Waals surface area contributed by atoms with Crippen molar-refractivity contribution >= 4 is 5.97 Å². The second-order valence-electron chi connectivity index (χ2n) is 6.96. The molecule has 0 amide bonds. The normalized spacial score (nSPS) is 26.4. The van der Waals surface area contributed by atoms with Crippen LogP contribution in [-0.4, -0.2) is 19.7 Å². The monoisotopic (exact) mass is 377 g/mol. The minimum absolute atomic E-state index is 0.0336. The zero-order valence-electron chi connectivity index (χ0n) is 16.1. The molecule has 2 N–H and O–H groups in total. The zero-order chi connectivity index (χ0) is 20.3. The number of esters is 1. The van der Waals surface area contributed by atoms with Crippen molar-refractivity contribution in [3.8, 4) is 17.9 Å². The Morgan fingerprint density at radius 1 is 1.36 bits per heavy atom. The Morgan fingerprint density at radius 3 is 2.75 bits per heavy atom. The number of fused-ring (bicyclic) bond motifs is 1. The van der Waals surface area contributed by atoms with Crippen LogP contribution in [0, 0.1) is 34.0 Å². The van der Waals surface area contributed by atoms with Crippen molar-refractivity contribution in [1.29, 1.82) is 10.5 Å². The van der Waals surface area contributed by atoms with Gasteiger partial charge in [0, 0.05) is 11.5 Å². The lowest BCUT2D eigenvalue weighted by atomic mass is 9.55. The third-order valence-electron chi connectivity index (χ3n) is 5.69. The maximum Gasteiger partial charge on any atom is 0.332 e. The van der Waals surface area contributed by atoms with Gasteiger partial charge in [0.2, 0.25) is 0 Å². The number of methoxy groups -OCH3 is 1. The van der Waals surface area contributed by atoms with Crippen molar-refractivity contribution in [2.75, 3.05) is 13.7 Å². The molecular weight excluding hydrogens is 354 g/mol. The molecule has 0 spiro atoms. The van der Waals surface area contributed by atoms with Crippen molar-refractivity contribution in [2.45, 2.75) is 32.1 Å². The smallest absolute Gasteiger partial charge is 0.332 e. The summed E-state index contributed by atoms with van der Waals surface area (Å²) in [7, 11) is 1.55. The van der Waals surface area contributed by atoms with E-state index in [9.17, 15) is 15.3 Å². The molecule has 144 valence electrons. The standard InChI is InChI=1S/C22H23N3O3/c1-3-28-21(26)22(13-24)17(12-23)20(25)15-9-5-4-8-14(15)19(22)16-10-6-7-11-18(16)27-2/h6-7,9-11,14,19H,3-5,8,25H2,1-2H3. The number of carbonyl (C=O) groups excluding carboxylic acids is 1. The number of nitrogens with two attached hydrogens (primary N) is 1. The number of allylic oxidation sites excluding steroid dienone is 2. The molecule has 0 aromatic heterocycles. The lowest BCUT2D eigenvalue weighted by Crippen LogP contribution is -2.48. The van der Waals surface area contributed by atoms with Crippen molar-refractivity contribution in [3.63, 3.8) is 0 Å². The molecule has 0 fully saturated rings. The predicted molar refractivity (Wildman–Crippen MR) is 103 cm³/mol. The molecule has 28 heavy (non-hydrogen) atoms. The average molecular weight is 377 g/mol. The van der Waals surface area contributed by atoms with Gasteiger partial charge in [-0.3, -0.25) is 0 Å². The van der Waals surface area contributed by atoms with E-state index < -0.39 is 17.3 Å². The molecule has 2 aliphatic carbocycles. The molecule has 0 radical (unpaired) electrons. The molecule has 6 heteroatoms. The van der Waals surface area contributed by atoms with E-state index >= 15 is 0 Å². The average Bonchev–Trinajstić information content (AvgIpc) is 2.73. The number of nitrogens with zero attached hydrogens (tertiary/aromatic N) is 2. The first-order valence-corrected chi connectivity index (χ1v) is 9.38. The SMILES string of the molecule is CCOC(=O)C1(C#N)C(C#N)=C(N)C2=CCCCC2C1c1ccccc1OC. The Bertz CT molecular complexity index is 935. The van der Waals surface area contributed by atoms with E-state index in [2.05, 4.69) is 12.1 Å². The summed E-state index contributed by atoms with van der Waals surface area (Å²) in [5.74, 6) is -0.968. The first-order chi connectivity index (χ1) is 13.6. The Labute approximate surface area is 164 Å². The van der Waals surface area contributed by atoms with Crippen molar-refractivity contribution in [2.24, 2.45) is 17.1 Å². The second-order valence-corrected chi connectivity index (χ2v) is 6.96. The number of para-hydroxylation sites is 1. The van der Waals surface area contributed by atoms with Crippen LogP contribution in [0.5, 0.6) is 5.75 Å². The maximum absolute atomic E-state index is 13.2. The fourth-order valence-corrected chi connectivity index (χ4v) is 4.54. The number of ether oxygens (including phenoxy) is 2. The molecule has 3 unspecified atom stereocenters. The zero-order valence-corrected chi connectivity index (χ0v) is 16.1. The summed E-state index contributed by atoms with van der Waals surface area (Å²) in [5, 5.41) is 20.2. The second kappa shape index (κ2) is 7.78. The van der Waals surface area contributed by atoms with E-state index in [4.69, 9.17) is 15.2 Å². The van der Waals surface area contributed by atoms with Crippen LogP contribution in [0.3, 0.4) is 0 Å². The van der Waals surface area contributed by atoms with Gasteiger partial charge >= 0.3 is 5.97 Å². The highest BCUT2D eigenvalue weighted by Crippen LogP contribution is 2.58. The van der Waals surface area contributed by atoms with Gasteiger partial charge in [0.25, 0.3) is 0 Å². The Kier molecular flexibility index (Phi) is 5.42. The van der Waals surface area contributed by atoms with E-state index in [0.29, 0.717) is 11.3 Å². The fourth-order valence-electron chi connectivity index (χ4n) is 4.54. The maximum atomic E-state index is 13.2. The quantitative estimate of drug-likeness (QED) is 0.806. The number of hydrogen-bond acceptors (Lipinski definition) is 6. The van der Waals surface area contributed by atoms with Gasteiger partial charge in [-0.25, -0.2) is 4.79 Å². The van der Waals surface area contributed by atoms with Gasteiger partial charge in [-0.1, -0.05) is 24.3 Å². The van der Waals surface area contributed by atoms with Gasteiger partial charge in [-0.05, 0) is 43.7 Å². The third kappa shape index (κ3) is 2.73. The van der Waals surface area contributed by atoms with Crippen LogP contribution in [0.4, 0.5) is 0 Å². The first-order valence-electron chi connectivity index (χ1n) is 9.38. The molecule has 0 aliphatic heterocycles. The number of rotatable bonds is 4. The molecule has 3 rings (SSSR count). The molecule has 6 nitrogen and oxygen atoms in total. The lowest BCUT2D eigenvalue weighted by molar-refractivity contribution is -0.151. The molecule has 1 aromatic rings. The van der Waals surface area contributed by atoms with Crippen LogP contribution in [0.15, 0.2) is 47.2 Å². The minimum Gasteiger partial charge on any atom is -0.496 e. The summed E-state index contributed by atoms with van der Waals surface area (Å²) in [6.07, 6.45) is 4.55. The molecule has 0 saturated heterocycles. The van der Waals surface area contributed by atoms with Crippen LogP contribution in [0.1, 0.15) is 37.7 Å². The number of hydrogen-bond donors (Lipinski definition) is 1. The van der Waals surface area contributed by atoms with Crippen molar-refractivity contribution < 1.29 is 14.3 Å². The highest BCUT2D eigenvalue weighted by molar-refractivity contribution is 5.89.